The van der Waals surface area contributed by atoms with Gasteiger partial charge in [0.1, 0.15) is 5.82 Å². The van der Waals surface area contributed by atoms with Gasteiger partial charge in [0.15, 0.2) is 5.82 Å². The number of hydrogen-bond donors (Lipinski definition) is 1. The van der Waals surface area contributed by atoms with E-state index < -0.39 is 5.41 Å². The summed E-state index contributed by atoms with van der Waals surface area (Å²) in [6.45, 7) is 5.47. The topological polar surface area (TPSA) is 99.2 Å². The van der Waals surface area contributed by atoms with Crippen molar-refractivity contribution < 1.29 is 9.53 Å². The molecule has 1 aliphatic heterocycles. The molecular formula is C17H24N6O2. The Bertz CT molecular complexity index is 744. The fourth-order valence-electron chi connectivity index (χ4n) is 3.33. The zero-order chi connectivity index (χ0) is 18.0. The molecule has 0 aliphatic carbocycles. The van der Waals surface area contributed by atoms with Gasteiger partial charge in [-0.15, -0.1) is 0 Å². The highest BCUT2D eigenvalue weighted by Gasteiger charge is 2.40. The van der Waals surface area contributed by atoms with Crippen LogP contribution in [0.2, 0.25) is 0 Å². The number of ether oxygens (including phenoxy) is 1. The third kappa shape index (κ3) is 3.42. The number of nitrogens with two attached hydrogens (primary N) is 1. The maximum atomic E-state index is 12.1. The van der Waals surface area contributed by atoms with Gasteiger partial charge in [-0.3, -0.25) is 4.79 Å². The molecule has 3 rings (SSSR count). The van der Waals surface area contributed by atoms with E-state index in [1.54, 1.807) is 10.9 Å². The minimum Gasteiger partial charge on any atom is -0.469 e. The van der Waals surface area contributed by atoms with E-state index in [1.807, 2.05) is 32.2 Å². The molecule has 25 heavy (non-hydrogen) atoms. The first-order valence-corrected chi connectivity index (χ1v) is 8.39. The standard InChI is InChI=1S/C17H24N6O2/c1-17(2,15(24)25-3)12-6-4-8-22(11-12)13-10-14(21-16(18)20-13)23-9-5-7-19-23/h5,7,9-10,12H,4,6,8,11H2,1-3H3,(H2,18,20,21). The number of anilines is 2. The molecule has 1 atom stereocenters. The van der Waals surface area contributed by atoms with Crippen LogP contribution in [0.5, 0.6) is 0 Å². The van der Waals surface area contributed by atoms with Gasteiger partial charge in [-0.25, -0.2) is 4.68 Å². The molecule has 2 N–H and O–H groups in total. The third-order valence-electron chi connectivity index (χ3n) is 4.93. The van der Waals surface area contributed by atoms with Crippen LogP contribution in [-0.2, 0) is 9.53 Å². The van der Waals surface area contributed by atoms with Crippen LogP contribution in [0.25, 0.3) is 5.82 Å². The number of nitrogens with zero attached hydrogens (tertiary/aromatic N) is 5. The van der Waals surface area contributed by atoms with Gasteiger partial charge < -0.3 is 15.4 Å². The van der Waals surface area contributed by atoms with Crippen LogP contribution >= 0.6 is 0 Å². The molecular weight excluding hydrogens is 320 g/mol. The van der Waals surface area contributed by atoms with Crippen molar-refractivity contribution in [2.45, 2.75) is 26.7 Å². The van der Waals surface area contributed by atoms with Crippen molar-refractivity contribution in [1.29, 1.82) is 0 Å². The molecule has 3 heterocycles. The molecule has 0 bridgehead atoms. The zero-order valence-corrected chi connectivity index (χ0v) is 14.8. The van der Waals surface area contributed by atoms with Crippen molar-refractivity contribution in [3.63, 3.8) is 0 Å². The van der Waals surface area contributed by atoms with E-state index in [-0.39, 0.29) is 17.8 Å². The molecule has 2 aromatic heterocycles. The second-order valence-electron chi connectivity index (χ2n) is 6.89. The lowest BCUT2D eigenvalue weighted by atomic mass is 9.74. The van der Waals surface area contributed by atoms with E-state index in [9.17, 15) is 4.79 Å². The summed E-state index contributed by atoms with van der Waals surface area (Å²) in [5.74, 6) is 1.58. The van der Waals surface area contributed by atoms with Crippen LogP contribution in [0, 0.1) is 11.3 Å². The SMILES string of the molecule is COC(=O)C(C)(C)C1CCCN(c2cc(-n3cccn3)nc(N)n2)C1. The van der Waals surface area contributed by atoms with E-state index in [0.717, 1.165) is 31.7 Å². The van der Waals surface area contributed by atoms with Gasteiger partial charge in [0.2, 0.25) is 5.95 Å². The molecule has 1 fully saturated rings. The van der Waals surface area contributed by atoms with Crippen LogP contribution in [0.15, 0.2) is 24.5 Å². The Morgan fingerprint density at radius 1 is 1.36 bits per heavy atom. The average Bonchev–Trinajstić information content (AvgIpc) is 3.15. The molecule has 1 unspecified atom stereocenters. The second kappa shape index (κ2) is 6.70. The molecule has 8 nitrogen and oxygen atoms in total. The third-order valence-corrected chi connectivity index (χ3v) is 4.93. The monoisotopic (exact) mass is 344 g/mol. The summed E-state index contributed by atoms with van der Waals surface area (Å²) < 4.78 is 6.64. The largest absolute Gasteiger partial charge is 0.469 e. The van der Waals surface area contributed by atoms with Gasteiger partial charge in [-0.1, -0.05) is 0 Å². The molecule has 0 amide bonds. The summed E-state index contributed by atoms with van der Waals surface area (Å²) in [4.78, 5) is 22.9. The van der Waals surface area contributed by atoms with Crippen LogP contribution in [0.4, 0.5) is 11.8 Å². The lowest BCUT2D eigenvalue weighted by molar-refractivity contribution is -0.154. The van der Waals surface area contributed by atoms with Crippen molar-refractivity contribution in [2.24, 2.45) is 11.3 Å². The lowest BCUT2D eigenvalue weighted by Gasteiger charge is -2.40. The van der Waals surface area contributed by atoms with Gasteiger partial charge in [-0.2, -0.15) is 15.1 Å². The van der Waals surface area contributed by atoms with Crippen LogP contribution in [-0.4, -0.2) is 45.9 Å². The number of methoxy groups -OCH3 is 1. The van der Waals surface area contributed by atoms with E-state index >= 15 is 0 Å². The van der Waals surface area contributed by atoms with E-state index in [4.69, 9.17) is 10.5 Å². The van der Waals surface area contributed by atoms with Gasteiger partial charge >= 0.3 is 5.97 Å². The quantitative estimate of drug-likeness (QED) is 0.842. The normalized spacial score (nSPS) is 18.2. The molecule has 0 saturated carbocycles. The van der Waals surface area contributed by atoms with Gasteiger partial charge in [-0.05, 0) is 38.7 Å². The summed E-state index contributed by atoms with van der Waals surface area (Å²) in [6, 6.07) is 3.70. The zero-order valence-electron chi connectivity index (χ0n) is 14.8. The molecule has 134 valence electrons. The smallest absolute Gasteiger partial charge is 0.311 e. The highest BCUT2D eigenvalue weighted by Crippen LogP contribution is 2.36. The first-order valence-electron chi connectivity index (χ1n) is 8.39. The number of carbonyl (C=O) groups excluding carboxylic acids is 1. The number of carbonyl (C=O) groups is 1. The maximum Gasteiger partial charge on any atom is 0.311 e. The van der Waals surface area contributed by atoms with Crippen LogP contribution in [0.1, 0.15) is 26.7 Å². The number of piperidine rings is 1. The number of hydrogen-bond acceptors (Lipinski definition) is 7. The lowest BCUT2D eigenvalue weighted by Crippen LogP contribution is -2.45. The van der Waals surface area contributed by atoms with Crippen molar-refractivity contribution >= 4 is 17.7 Å². The van der Waals surface area contributed by atoms with E-state index in [2.05, 4.69) is 20.0 Å². The number of nitrogen functional groups attached to an aromatic ring is 1. The van der Waals surface area contributed by atoms with Gasteiger partial charge in [0, 0.05) is 31.5 Å². The fraction of sp³-hybridized carbons (Fsp3) is 0.529. The van der Waals surface area contributed by atoms with Crippen molar-refractivity contribution in [3.05, 3.63) is 24.5 Å². The predicted octanol–water partition coefficient (Wildman–Crippen LogP) is 1.66. The molecule has 2 aromatic rings. The van der Waals surface area contributed by atoms with Gasteiger partial charge in [0.25, 0.3) is 0 Å². The Labute approximate surface area is 147 Å². The van der Waals surface area contributed by atoms with Crippen molar-refractivity contribution in [3.8, 4) is 5.82 Å². The molecule has 0 spiro atoms. The number of rotatable bonds is 4. The summed E-state index contributed by atoms with van der Waals surface area (Å²) in [6.07, 6.45) is 5.45. The number of esters is 1. The van der Waals surface area contributed by atoms with Crippen LogP contribution in [0.3, 0.4) is 0 Å². The first-order chi connectivity index (χ1) is 11.9. The summed E-state index contributed by atoms with van der Waals surface area (Å²) >= 11 is 0. The first kappa shape index (κ1) is 17.2. The highest BCUT2D eigenvalue weighted by atomic mass is 16.5. The van der Waals surface area contributed by atoms with Crippen molar-refractivity contribution in [1.82, 2.24) is 19.7 Å². The Morgan fingerprint density at radius 3 is 2.80 bits per heavy atom. The molecule has 1 aliphatic rings. The average molecular weight is 344 g/mol. The molecule has 0 aromatic carbocycles. The minimum atomic E-state index is -0.545. The Kier molecular flexibility index (Phi) is 4.61. The fourth-order valence-corrected chi connectivity index (χ4v) is 3.33. The predicted molar refractivity (Wildman–Crippen MR) is 94.3 cm³/mol. The number of aromatic nitrogens is 4. The highest BCUT2D eigenvalue weighted by molar-refractivity contribution is 5.76. The Hall–Kier alpha value is -2.64. The Morgan fingerprint density at radius 2 is 2.12 bits per heavy atom. The van der Waals surface area contributed by atoms with Crippen molar-refractivity contribution in [2.75, 3.05) is 30.8 Å². The second-order valence-corrected chi connectivity index (χ2v) is 6.89. The minimum absolute atomic E-state index is 0.179. The van der Waals surface area contributed by atoms with Gasteiger partial charge in [0.05, 0.1) is 12.5 Å². The summed E-state index contributed by atoms with van der Waals surface area (Å²) in [5, 5.41) is 4.19. The Balaban J connectivity index is 1.86. The summed E-state index contributed by atoms with van der Waals surface area (Å²) in [7, 11) is 1.44. The van der Waals surface area contributed by atoms with E-state index in [0.29, 0.717) is 5.82 Å². The van der Waals surface area contributed by atoms with E-state index in [1.165, 1.54) is 7.11 Å². The summed E-state index contributed by atoms with van der Waals surface area (Å²) in [5.41, 5.74) is 5.35. The molecule has 1 saturated heterocycles. The van der Waals surface area contributed by atoms with Crippen LogP contribution < -0.4 is 10.6 Å². The molecule has 8 heteroatoms. The maximum absolute atomic E-state index is 12.1. The molecule has 0 radical (unpaired) electrons.